The van der Waals surface area contributed by atoms with Crippen LogP contribution in [0, 0.1) is 0 Å². The van der Waals surface area contributed by atoms with Crippen molar-refractivity contribution < 1.29 is 13.2 Å². The van der Waals surface area contributed by atoms with Crippen LogP contribution >= 0.6 is 24.0 Å². The topological polar surface area (TPSA) is 106 Å². The number of rotatable bonds is 9. The van der Waals surface area contributed by atoms with E-state index >= 15 is 0 Å². The molecule has 28 heavy (non-hydrogen) atoms. The fourth-order valence-corrected chi connectivity index (χ4v) is 2.90. The molecule has 0 unspecified atom stereocenters. The molecular weight excluding hydrogens is 491 g/mol. The molecule has 2 aromatic rings. The molecular formula is C19H27IN4O3S. The SMILES string of the molecule is CCNC(=NCc1cccc(S(N)(=O)=O)c1)NCCCOc1ccccc1.I. The van der Waals surface area contributed by atoms with Crippen LogP contribution in [0.3, 0.4) is 0 Å². The van der Waals surface area contributed by atoms with Gasteiger partial charge in [0.25, 0.3) is 0 Å². The number of nitrogens with one attached hydrogen (secondary N) is 2. The number of aliphatic imine (C=N–C) groups is 1. The molecule has 0 radical (unpaired) electrons. The maximum absolute atomic E-state index is 11.4. The Morgan fingerprint density at radius 3 is 2.54 bits per heavy atom. The van der Waals surface area contributed by atoms with Crippen molar-refractivity contribution in [3.63, 3.8) is 0 Å². The molecule has 9 heteroatoms. The summed E-state index contributed by atoms with van der Waals surface area (Å²) in [5, 5.41) is 11.6. The minimum absolute atomic E-state index is 0. The Hall–Kier alpha value is -1.85. The Balaban J connectivity index is 0.00000392. The van der Waals surface area contributed by atoms with Gasteiger partial charge in [0.15, 0.2) is 5.96 Å². The number of nitrogens with zero attached hydrogens (tertiary/aromatic N) is 1. The zero-order valence-electron chi connectivity index (χ0n) is 15.8. The van der Waals surface area contributed by atoms with Crippen LogP contribution < -0.4 is 20.5 Å². The maximum atomic E-state index is 11.4. The van der Waals surface area contributed by atoms with Gasteiger partial charge < -0.3 is 15.4 Å². The average Bonchev–Trinajstić information content (AvgIpc) is 2.66. The number of para-hydroxylation sites is 1. The van der Waals surface area contributed by atoms with Gasteiger partial charge in [-0.05, 0) is 43.2 Å². The highest BCUT2D eigenvalue weighted by Crippen LogP contribution is 2.10. The third kappa shape index (κ3) is 8.89. The number of guanidine groups is 1. The van der Waals surface area contributed by atoms with Crippen molar-refractivity contribution in [2.45, 2.75) is 24.8 Å². The first-order valence-corrected chi connectivity index (χ1v) is 10.4. The van der Waals surface area contributed by atoms with Gasteiger partial charge in [0.1, 0.15) is 5.75 Å². The summed E-state index contributed by atoms with van der Waals surface area (Å²) >= 11 is 0. The molecule has 0 saturated carbocycles. The van der Waals surface area contributed by atoms with Crippen LogP contribution in [0.4, 0.5) is 0 Å². The van der Waals surface area contributed by atoms with Crippen molar-refractivity contribution in [3.05, 3.63) is 60.2 Å². The molecule has 2 rings (SSSR count). The first kappa shape index (κ1) is 24.2. The highest BCUT2D eigenvalue weighted by Gasteiger charge is 2.07. The molecule has 0 aliphatic heterocycles. The summed E-state index contributed by atoms with van der Waals surface area (Å²) in [5.41, 5.74) is 0.770. The zero-order chi connectivity index (χ0) is 19.5. The van der Waals surface area contributed by atoms with Crippen LogP contribution in [0.25, 0.3) is 0 Å². The summed E-state index contributed by atoms with van der Waals surface area (Å²) in [5.74, 6) is 1.52. The molecule has 0 aliphatic carbocycles. The summed E-state index contributed by atoms with van der Waals surface area (Å²) in [6.07, 6.45) is 0.820. The van der Waals surface area contributed by atoms with E-state index in [0.717, 1.165) is 24.3 Å². The number of sulfonamides is 1. The van der Waals surface area contributed by atoms with E-state index in [-0.39, 0.29) is 28.9 Å². The molecule has 154 valence electrons. The number of benzene rings is 2. The molecule has 7 nitrogen and oxygen atoms in total. The lowest BCUT2D eigenvalue weighted by Crippen LogP contribution is -2.38. The lowest BCUT2D eigenvalue weighted by atomic mass is 10.2. The third-order valence-corrected chi connectivity index (χ3v) is 4.53. The number of hydrogen-bond donors (Lipinski definition) is 3. The smallest absolute Gasteiger partial charge is 0.238 e. The van der Waals surface area contributed by atoms with Crippen molar-refractivity contribution in [2.75, 3.05) is 19.7 Å². The minimum atomic E-state index is -3.71. The third-order valence-electron chi connectivity index (χ3n) is 3.62. The summed E-state index contributed by atoms with van der Waals surface area (Å²) in [7, 11) is -3.71. The lowest BCUT2D eigenvalue weighted by Gasteiger charge is -2.12. The van der Waals surface area contributed by atoms with Gasteiger partial charge in [0.05, 0.1) is 18.0 Å². The Kier molecular flexibility index (Phi) is 10.9. The molecule has 4 N–H and O–H groups in total. The van der Waals surface area contributed by atoms with E-state index in [1.54, 1.807) is 6.07 Å². The molecule has 0 bridgehead atoms. The van der Waals surface area contributed by atoms with Crippen molar-refractivity contribution in [1.82, 2.24) is 10.6 Å². The van der Waals surface area contributed by atoms with Gasteiger partial charge in [-0.15, -0.1) is 24.0 Å². The second kappa shape index (κ2) is 12.6. The number of hydrogen-bond acceptors (Lipinski definition) is 4. The zero-order valence-corrected chi connectivity index (χ0v) is 18.9. The summed E-state index contributed by atoms with van der Waals surface area (Å²) in [6.45, 7) is 4.36. The van der Waals surface area contributed by atoms with Crippen molar-refractivity contribution in [2.24, 2.45) is 10.1 Å². The monoisotopic (exact) mass is 518 g/mol. The van der Waals surface area contributed by atoms with Crippen LogP contribution in [0.5, 0.6) is 5.75 Å². The molecule has 0 atom stereocenters. The second-order valence-electron chi connectivity index (χ2n) is 5.83. The summed E-state index contributed by atoms with van der Waals surface area (Å²) in [6, 6.07) is 16.2. The first-order valence-electron chi connectivity index (χ1n) is 8.81. The highest BCUT2D eigenvalue weighted by atomic mass is 127. The molecule has 2 aromatic carbocycles. The van der Waals surface area contributed by atoms with Crippen molar-refractivity contribution >= 4 is 40.0 Å². The van der Waals surface area contributed by atoms with Gasteiger partial charge in [-0.3, -0.25) is 0 Å². The quantitative estimate of drug-likeness (QED) is 0.205. The van der Waals surface area contributed by atoms with Crippen LogP contribution in [0.15, 0.2) is 64.5 Å². The lowest BCUT2D eigenvalue weighted by molar-refractivity contribution is 0.311. The molecule has 0 saturated heterocycles. The molecule has 0 aromatic heterocycles. The fraction of sp³-hybridized carbons (Fsp3) is 0.316. The number of primary sulfonamides is 1. The molecule has 0 fully saturated rings. The number of halogens is 1. The van der Waals surface area contributed by atoms with Crippen molar-refractivity contribution in [1.29, 1.82) is 0 Å². The van der Waals surface area contributed by atoms with E-state index in [1.807, 2.05) is 43.3 Å². The van der Waals surface area contributed by atoms with E-state index in [4.69, 9.17) is 9.88 Å². The van der Waals surface area contributed by atoms with E-state index in [9.17, 15) is 8.42 Å². The minimum Gasteiger partial charge on any atom is -0.494 e. The van der Waals surface area contributed by atoms with Gasteiger partial charge in [-0.1, -0.05) is 30.3 Å². The predicted molar refractivity (Wildman–Crippen MR) is 123 cm³/mol. The Labute approximate surface area is 183 Å². The highest BCUT2D eigenvalue weighted by molar-refractivity contribution is 14.0. The van der Waals surface area contributed by atoms with Crippen LogP contribution in [0.2, 0.25) is 0 Å². The molecule has 0 aliphatic rings. The van der Waals surface area contributed by atoms with Crippen LogP contribution in [-0.2, 0) is 16.6 Å². The molecule has 0 amide bonds. The first-order chi connectivity index (χ1) is 13.0. The largest absolute Gasteiger partial charge is 0.494 e. The predicted octanol–water partition coefficient (Wildman–Crippen LogP) is 2.48. The van der Waals surface area contributed by atoms with Gasteiger partial charge in [-0.2, -0.15) is 0 Å². The normalized spacial score (nSPS) is 11.4. The second-order valence-corrected chi connectivity index (χ2v) is 7.39. The van der Waals surface area contributed by atoms with Gasteiger partial charge in [-0.25, -0.2) is 18.5 Å². The Morgan fingerprint density at radius 2 is 1.86 bits per heavy atom. The molecule has 0 spiro atoms. The Bertz CT molecular complexity index is 845. The maximum Gasteiger partial charge on any atom is 0.238 e. The fourth-order valence-electron chi connectivity index (χ4n) is 2.32. The average molecular weight is 518 g/mol. The summed E-state index contributed by atoms with van der Waals surface area (Å²) < 4.78 is 28.5. The van der Waals surface area contributed by atoms with Crippen LogP contribution in [0.1, 0.15) is 18.9 Å². The van der Waals surface area contributed by atoms with Gasteiger partial charge in [0.2, 0.25) is 10.0 Å². The van der Waals surface area contributed by atoms with E-state index in [1.165, 1.54) is 12.1 Å². The van der Waals surface area contributed by atoms with Gasteiger partial charge >= 0.3 is 0 Å². The molecule has 0 heterocycles. The van der Waals surface area contributed by atoms with E-state index in [2.05, 4.69) is 15.6 Å². The van der Waals surface area contributed by atoms with Gasteiger partial charge in [0, 0.05) is 13.1 Å². The Morgan fingerprint density at radius 1 is 1.11 bits per heavy atom. The van der Waals surface area contributed by atoms with E-state index in [0.29, 0.717) is 25.7 Å². The van der Waals surface area contributed by atoms with Crippen molar-refractivity contribution in [3.8, 4) is 5.75 Å². The standard InChI is InChI=1S/C19H26N4O3S.HI/c1-2-21-19(22-12-7-13-26-17-9-4-3-5-10-17)23-15-16-8-6-11-18(14-16)27(20,24)25;/h3-6,8-11,14H,2,7,12-13,15H2,1H3,(H2,20,24,25)(H2,21,22,23);1H. The number of nitrogens with two attached hydrogens (primary N) is 1. The number of ether oxygens (including phenoxy) is 1. The van der Waals surface area contributed by atoms with Crippen LogP contribution in [-0.4, -0.2) is 34.1 Å². The van der Waals surface area contributed by atoms with E-state index < -0.39 is 10.0 Å². The summed E-state index contributed by atoms with van der Waals surface area (Å²) in [4.78, 5) is 4.57.